The summed E-state index contributed by atoms with van der Waals surface area (Å²) in [4.78, 5) is 16.2. The minimum Gasteiger partial charge on any atom is -0.478 e. The van der Waals surface area contributed by atoms with Crippen LogP contribution >= 0.6 is 0 Å². The average Bonchev–Trinajstić information content (AvgIpc) is 3.14. The Morgan fingerprint density at radius 2 is 1.67 bits per heavy atom. The fourth-order valence-corrected chi connectivity index (χ4v) is 4.60. The van der Waals surface area contributed by atoms with Crippen LogP contribution in [0.2, 0.25) is 0 Å². The largest absolute Gasteiger partial charge is 0.478 e. The summed E-state index contributed by atoms with van der Waals surface area (Å²) in [6.07, 6.45) is 1.69. The zero-order valence-corrected chi connectivity index (χ0v) is 18.6. The maximum absolute atomic E-state index is 14.2. The zero-order valence-electron chi connectivity index (χ0n) is 18.6. The second-order valence-corrected chi connectivity index (χ2v) is 7.70. The Hall–Kier alpha value is -2.89. The zero-order chi connectivity index (χ0) is 22.2. The highest BCUT2D eigenvalue weighted by molar-refractivity contribution is 6.26. The van der Waals surface area contributed by atoms with Gasteiger partial charge in [-0.05, 0) is 80.5 Å². The fraction of sp³-hybridized carbons (Fsp3) is 0.333. The van der Waals surface area contributed by atoms with Crippen LogP contribution in [0.5, 0.6) is 0 Å². The van der Waals surface area contributed by atoms with Crippen molar-refractivity contribution in [3.8, 4) is 0 Å². The van der Waals surface area contributed by atoms with E-state index in [-0.39, 0.29) is 5.56 Å². The third-order valence-corrected chi connectivity index (χ3v) is 6.16. The van der Waals surface area contributed by atoms with Gasteiger partial charge in [0.25, 0.3) is 0 Å². The highest BCUT2D eigenvalue weighted by atomic mass is 19.1. The van der Waals surface area contributed by atoms with Crippen molar-refractivity contribution in [2.45, 2.75) is 54.4 Å². The molecule has 0 aliphatic carbocycles. The van der Waals surface area contributed by atoms with Gasteiger partial charge in [0.05, 0.1) is 11.3 Å². The standard InChI is InChI=1S/C24H28BFN2O2/c1-7-19-13(3)22(27-15(19)5)21(17-9-11-18(12-10-17)24(29)30)23-14(4)20(8-2)16(6)28(23)25-26/h9-12,25H,7-8H2,1-6H3,(H,29,30)/b22-21-. The molecule has 0 radical (unpaired) electrons. The van der Waals surface area contributed by atoms with Crippen LogP contribution in [0.4, 0.5) is 4.32 Å². The molecule has 1 aliphatic heterocycles. The topological polar surface area (TPSA) is 54.6 Å². The molecule has 30 heavy (non-hydrogen) atoms. The van der Waals surface area contributed by atoms with Crippen LogP contribution in [0.3, 0.4) is 0 Å². The minimum atomic E-state index is -0.970. The second-order valence-electron chi connectivity index (χ2n) is 7.70. The third kappa shape index (κ3) is 3.44. The molecule has 2 heterocycles. The molecule has 0 unspecified atom stereocenters. The lowest BCUT2D eigenvalue weighted by atomic mass is 9.92. The van der Waals surface area contributed by atoms with Crippen LogP contribution in [0.1, 0.15) is 72.6 Å². The Balaban J connectivity index is 2.41. The molecule has 0 spiro atoms. The molecule has 0 fully saturated rings. The first-order valence-corrected chi connectivity index (χ1v) is 10.3. The summed E-state index contributed by atoms with van der Waals surface area (Å²) in [5.74, 6) is -0.970. The number of hydrogen-bond acceptors (Lipinski definition) is 2. The minimum absolute atomic E-state index is 0.221. The van der Waals surface area contributed by atoms with Crippen LogP contribution < -0.4 is 0 Å². The molecule has 2 aromatic rings. The number of aromatic carboxylic acids is 1. The molecule has 0 amide bonds. The van der Waals surface area contributed by atoms with Gasteiger partial charge in [0.15, 0.2) is 0 Å². The number of halogens is 1. The molecule has 1 aromatic carbocycles. The van der Waals surface area contributed by atoms with Gasteiger partial charge in [0.2, 0.25) is 0 Å². The van der Waals surface area contributed by atoms with Crippen LogP contribution in [0.25, 0.3) is 5.57 Å². The second kappa shape index (κ2) is 8.46. The van der Waals surface area contributed by atoms with Crippen LogP contribution in [0.15, 0.2) is 46.1 Å². The Morgan fingerprint density at radius 3 is 2.13 bits per heavy atom. The molecule has 1 aliphatic rings. The maximum atomic E-state index is 14.2. The molecule has 1 aromatic heterocycles. The Kier molecular flexibility index (Phi) is 6.15. The molecule has 0 bridgehead atoms. The molecular weight excluding hydrogens is 378 g/mol. The summed E-state index contributed by atoms with van der Waals surface area (Å²) < 4.78 is 16.0. The molecule has 0 saturated carbocycles. The number of benzene rings is 1. The van der Waals surface area contributed by atoms with Gasteiger partial charge >= 0.3 is 13.7 Å². The first-order valence-electron chi connectivity index (χ1n) is 10.3. The number of carboxylic acid groups (broad SMARTS) is 1. The number of allylic oxidation sites excluding steroid dienone is 2. The predicted octanol–water partition coefficient (Wildman–Crippen LogP) is 5.41. The van der Waals surface area contributed by atoms with Gasteiger partial charge in [-0.3, -0.25) is 4.99 Å². The number of aliphatic imine (C=N–C) groups is 1. The van der Waals surface area contributed by atoms with Gasteiger partial charge in [-0.2, -0.15) is 0 Å². The first-order chi connectivity index (χ1) is 14.3. The highest BCUT2D eigenvalue weighted by Crippen LogP contribution is 2.40. The van der Waals surface area contributed by atoms with Gasteiger partial charge in [0, 0.05) is 22.7 Å². The lowest BCUT2D eigenvalue weighted by Crippen LogP contribution is -2.10. The lowest BCUT2D eigenvalue weighted by Gasteiger charge is -2.16. The van der Waals surface area contributed by atoms with E-state index < -0.39 is 13.7 Å². The first kappa shape index (κ1) is 21.8. The SMILES string of the molecule is CCC1=C(C)/C(=C(\c2ccc(C(=O)O)cc2)c2c(C)c(CC)c(C)n2BF)N=C1C. The van der Waals surface area contributed by atoms with Crippen molar-refractivity contribution in [1.29, 1.82) is 0 Å². The number of hydrogen-bond donors (Lipinski definition) is 1. The van der Waals surface area contributed by atoms with E-state index in [2.05, 4.69) is 20.8 Å². The third-order valence-electron chi connectivity index (χ3n) is 6.16. The van der Waals surface area contributed by atoms with Crippen molar-refractivity contribution in [2.75, 3.05) is 0 Å². The van der Waals surface area contributed by atoms with E-state index >= 15 is 0 Å². The Bertz CT molecular complexity index is 1110. The summed E-state index contributed by atoms with van der Waals surface area (Å²) in [5, 5.41) is 9.29. The number of carboxylic acids is 1. The van der Waals surface area contributed by atoms with Crippen molar-refractivity contribution < 1.29 is 14.2 Å². The van der Waals surface area contributed by atoms with Gasteiger partial charge in [-0.1, -0.05) is 26.0 Å². The summed E-state index contributed by atoms with van der Waals surface area (Å²) >= 11 is 0. The van der Waals surface area contributed by atoms with E-state index in [9.17, 15) is 14.2 Å². The average molecular weight is 406 g/mol. The number of nitrogens with zero attached hydrogens (tertiary/aromatic N) is 2. The van der Waals surface area contributed by atoms with Gasteiger partial charge in [-0.15, -0.1) is 0 Å². The van der Waals surface area contributed by atoms with Gasteiger partial charge < -0.3 is 13.9 Å². The number of rotatable bonds is 6. The quantitative estimate of drug-likeness (QED) is 0.653. The number of aromatic nitrogens is 1. The summed E-state index contributed by atoms with van der Waals surface area (Å²) in [7, 11) is -0.627. The van der Waals surface area contributed by atoms with E-state index in [1.54, 1.807) is 28.7 Å². The van der Waals surface area contributed by atoms with Crippen molar-refractivity contribution in [3.05, 3.63) is 74.8 Å². The van der Waals surface area contributed by atoms with E-state index in [1.165, 1.54) is 5.57 Å². The van der Waals surface area contributed by atoms with Crippen LogP contribution in [0, 0.1) is 13.8 Å². The molecule has 6 heteroatoms. The lowest BCUT2D eigenvalue weighted by molar-refractivity contribution is 0.0697. The molecule has 0 saturated heterocycles. The molecule has 4 nitrogen and oxygen atoms in total. The van der Waals surface area contributed by atoms with E-state index in [0.717, 1.165) is 63.5 Å². The van der Waals surface area contributed by atoms with Crippen molar-refractivity contribution in [3.63, 3.8) is 0 Å². The van der Waals surface area contributed by atoms with E-state index in [4.69, 9.17) is 4.99 Å². The molecular formula is C24H28BFN2O2. The van der Waals surface area contributed by atoms with Gasteiger partial charge in [-0.25, -0.2) is 4.79 Å². The Labute approximate surface area is 178 Å². The van der Waals surface area contributed by atoms with Crippen LogP contribution in [-0.2, 0) is 6.42 Å². The molecule has 156 valence electrons. The summed E-state index contributed by atoms with van der Waals surface area (Å²) in [6.45, 7) is 12.2. The monoisotopic (exact) mass is 406 g/mol. The normalized spacial score (nSPS) is 15.5. The smallest absolute Gasteiger partial charge is 0.448 e. The van der Waals surface area contributed by atoms with Crippen molar-refractivity contribution in [2.24, 2.45) is 4.99 Å². The molecule has 3 rings (SSSR count). The molecule has 1 N–H and O–H groups in total. The van der Waals surface area contributed by atoms with Crippen molar-refractivity contribution >= 4 is 24.9 Å². The summed E-state index contributed by atoms with van der Waals surface area (Å²) in [5.41, 5.74) is 9.94. The summed E-state index contributed by atoms with van der Waals surface area (Å²) in [6, 6.07) is 6.78. The van der Waals surface area contributed by atoms with Gasteiger partial charge in [0.1, 0.15) is 0 Å². The Morgan fingerprint density at radius 1 is 1.07 bits per heavy atom. The predicted molar refractivity (Wildman–Crippen MR) is 122 cm³/mol. The van der Waals surface area contributed by atoms with E-state index in [1.807, 2.05) is 20.8 Å². The molecule has 0 atom stereocenters. The number of carbonyl (C=O) groups is 1. The van der Waals surface area contributed by atoms with Crippen LogP contribution in [-0.4, -0.2) is 29.0 Å². The van der Waals surface area contributed by atoms with Crippen molar-refractivity contribution in [1.82, 2.24) is 4.48 Å². The maximum Gasteiger partial charge on any atom is 0.448 e. The fourth-order valence-electron chi connectivity index (χ4n) is 4.60. The van der Waals surface area contributed by atoms with E-state index in [0.29, 0.717) is 0 Å². The highest BCUT2D eigenvalue weighted by Gasteiger charge is 2.27.